The third-order valence-corrected chi connectivity index (χ3v) is 7.75. The van der Waals surface area contributed by atoms with Gasteiger partial charge in [0.15, 0.2) is 5.16 Å². The van der Waals surface area contributed by atoms with Gasteiger partial charge >= 0.3 is 6.01 Å². The number of benzene rings is 2. The number of thioether (sulfide) groups is 1. The number of carbonyl (C=O) groups is 1. The first-order valence-corrected chi connectivity index (χ1v) is 12.8. The van der Waals surface area contributed by atoms with Gasteiger partial charge in [0.05, 0.1) is 16.7 Å². The van der Waals surface area contributed by atoms with Gasteiger partial charge in [-0.25, -0.2) is 4.98 Å². The maximum Gasteiger partial charge on any atom is 0.322 e. The number of nitrogens with one attached hydrogen (secondary N) is 1. The van der Waals surface area contributed by atoms with Crippen molar-refractivity contribution in [3.63, 3.8) is 0 Å². The van der Waals surface area contributed by atoms with Crippen molar-refractivity contribution < 1.29 is 9.21 Å². The molecule has 0 radical (unpaired) electrons. The van der Waals surface area contributed by atoms with Crippen LogP contribution in [0.15, 0.2) is 69.0 Å². The zero-order chi connectivity index (χ0) is 24.4. The zero-order valence-electron chi connectivity index (χ0n) is 19.7. The van der Waals surface area contributed by atoms with Gasteiger partial charge in [-0.15, -0.1) is 5.10 Å². The predicted octanol–water partition coefficient (Wildman–Crippen LogP) is 5.17. The molecule has 0 spiro atoms. The maximum atomic E-state index is 13.5. The van der Waals surface area contributed by atoms with Gasteiger partial charge in [0.25, 0.3) is 5.56 Å². The van der Waals surface area contributed by atoms with Crippen molar-refractivity contribution in [3.05, 3.63) is 65.0 Å². The molecule has 0 bridgehead atoms. The van der Waals surface area contributed by atoms with Crippen LogP contribution in [0.5, 0.6) is 0 Å². The van der Waals surface area contributed by atoms with Gasteiger partial charge in [0.2, 0.25) is 11.8 Å². The molecule has 1 aliphatic carbocycles. The number of para-hydroxylation sites is 1. The first-order chi connectivity index (χ1) is 17.0. The molecule has 8 nitrogen and oxygen atoms in total. The Morgan fingerprint density at radius 2 is 1.86 bits per heavy atom. The number of carbonyl (C=O) groups excluding carboxylic acids is 1. The van der Waals surface area contributed by atoms with Gasteiger partial charge in [-0.1, -0.05) is 73.9 Å². The van der Waals surface area contributed by atoms with Gasteiger partial charge in [-0.3, -0.25) is 19.5 Å². The van der Waals surface area contributed by atoms with E-state index in [9.17, 15) is 9.59 Å². The molecule has 0 saturated heterocycles. The largest absolute Gasteiger partial charge is 0.403 e. The fourth-order valence-electron chi connectivity index (χ4n) is 4.69. The van der Waals surface area contributed by atoms with Crippen molar-refractivity contribution in [1.82, 2.24) is 19.7 Å². The number of aromatic nitrogens is 4. The first kappa shape index (κ1) is 23.3. The molecule has 1 saturated carbocycles. The molecule has 2 heterocycles. The van der Waals surface area contributed by atoms with Crippen LogP contribution in [-0.4, -0.2) is 31.4 Å². The van der Waals surface area contributed by atoms with E-state index < -0.39 is 0 Å². The van der Waals surface area contributed by atoms with Gasteiger partial charge in [-0.05, 0) is 42.5 Å². The minimum absolute atomic E-state index is 0.0352. The summed E-state index contributed by atoms with van der Waals surface area (Å²) < 4.78 is 7.40. The molecule has 1 amide bonds. The Balaban J connectivity index is 1.37. The Labute approximate surface area is 207 Å². The third-order valence-electron chi connectivity index (χ3n) is 6.80. The molecule has 1 aliphatic rings. The molecule has 180 valence electrons. The number of hydrogen-bond acceptors (Lipinski definition) is 7. The quantitative estimate of drug-likeness (QED) is 0.294. The molecule has 2 aromatic heterocycles. The van der Waals surface area contributed by atoms with E-state index in [-0.39, 0.29) is 29.3 Å². The van der Waals surface area contributed by atoms with E-state index in [2.05, 4.69) is 29.4 Å². The molecule has 9 heteroatoms. The van der Waals surface area contributed by atoms with Crippen LogP contribution in [0.4, 0.5) is 6.01 Å². The van der Waals surface area contributed by atoms with E-state index in [1.54, 1.807) is 0 Å². The number of rotatable bonds is 6. The van der Waals surface area contributed by atoms with Crippen molar-refractivity contribution >= 4 is 34.6 Å². The first-order valence-electron chi connectivity index (χ1n) is 11.8. The molecule has 5 rings (SSSR count). The fraction of sp³-hybridized carbons (Fsp3) is 0.346. The van der Waals surface area contributed by atoms with Crippen molar-refractivity contribution in [1.29, 1.82) is 0 Å². The van der Waals surface area contributed by atoms with E-state index >= 15 is 0 Å². The van der Waals surface area contributed by atoms with Crippen LogP contribution in [-0.2, 0) is 4.79 Å². The number of amides is 1. The lowest BCUT2D eigenvalue weighted by atomic mass is 9.78. The zero-order valence-corrected chi connectivity index (χ0v) is 20.5. The van der Waals surface area contributed by atoms with Crippen LogP contribution in [0.3, 0.4) is 0 Å². The highest BCUT2D eigenvalue weighted by Gasteiger charge is 2.31. The van der Waals surface area contributed by atoms with Crippen molar-refractivity contribution in [3.8, 4) is 11.5 Å². The van der Waals surface area contributed by atoms with Gasteiger partial charge in [-0.2, -0.15) is 0 Å². The minimum Gasteiger partial charge on any atom is -0.403 e. The molecule has 1 fully saturated rings. The lowest BCUT2D eigenvalue weighted by molar-refractivity contribution is -0.113. The number of fused-ring (bicyclic) bond motifs is 1. The summed E-state index contributed by atoms with van der Waals surface area (Å²) >= 11 is 1.25. The Kier molecular flexibility index (Phi) is 6.68. The van der Waals surface area contributed by atoms with Gasteiger partial charge < -0.3 is 4.42 Å². The molecule has 2 aromatic carbocycles. The second kappa shape index (κ2) is 10.0. The maximum absolute atomic E-state index is 13.5. The monoisotopic (exact) mass is 489 g/mol. The Morgan fingerprint density at radius 3 is 2.69 bits per heavy atom. The molecule has 0 unspecified atom stereocenters. The standard InChI is InChI=1S/C26H27N5O3S/c1-16-9-8-14-21(17(16)2)31-24(33)19-12-6-7-13-20(19)27-26(31)35-15-22(32)28-25-30-29-23(34-25)18-10-4-3-5-11-18/h3-7,10-13,16-17,21H,8-9,14-15H2,1-2H3,(H,28,30,32)/t16-,17-,21-/m1/s1. The summed E-state index contributed by atoms with van der Waals surface area (Å²) in [6.07, 6.45) is 3.16. The van der Waals surface area contributed by atoms with Crippen LogP contribution >= 0.6 is 11.8 Å². The van der Waals surface area contributed by atoms with E-state index in [1.807, 2.05) is 59.2 Å². The second-order valence-electron chi connectivity index (χ2n) is 9.04. The molecule has 4 aromatic rings. The van der Waals surface area contributed by atoms with Crippen molar-refractivity contribution in [2.24, 2.45) is 11.8 Å². The highest BCUT2D eigenvalue weighted by molar-refractivity contribution is 7.99. The van der Waals surface area contributed by atoms with Crippen LogP contribution in [0.1, 0.15) is 39.2 Å². The van der Waals surface area contributed by atoms with Crippen molar-refractivity contribution in [2.75, 3.05) is 11.1 Å². The normalized spacial score (nSPS) is 20.1. The average Bonchev–Trinajstić information content (AvgIpc) is 3.34. The summed E-state index contributed by atoms with van der Waals surface area (Å²) in [7, 11) is 0. The second-order valence-corrected chi connectivity index (χ2v) is 9.98. The Bertz CT molecular complexity index is 1400. The van der Waals surface area contributed by atoms with E-state index in [0.717, 1.165) is 24.8 Å². The van der Waals surface area contributed by atoms with E-state index in [0.29, 0.717) is 33.8 Å². The van der Waals surface area contributed by atoms with E-state index in [1.165, 1.54) is 11.8 Å². The molecular weight excluding hydrogens is 462 g/mol. The number of nitrogens with zero attached hydrogens (tertiary/aromatic N) is 4. The summed E-state index contributed by atoms with van der Waals surface area (Å²) in [4.78, 5) is 31.0. The Morgan fingerprint density at radius 1 is 1.09 bits per heavy atom. The number of anilines is 1. The van der Waals surface area contributed by atoms with Crippen LogP contribution < -0.4 is 10.9 Å². The summed E-state index contributed by atoms with van der Waals surface area (Å²) in [5.74, 6) is 0.943. The van der Waals surface area contributed by atoms with Crippen LogP contribution in [0, 0.1) is 11.8 Å². The lowest BCUT2D eigenvalue weighted by Crippen LogP contribution is -2.35. The molecule has 3 atom stereocenters. The van der Waals surface area contributed by atoms with Crippen molar-refractivity contribution in [2.45, 2.75) is 44.3 Å². The Hall–Kier alpha value is -3.46. The highest BCUT2D eigenvalue weighted by Crippen LogP contribution is 2.38. The summed E-state index contributed by atoms with van der Waals surface area (Å²) in [5.41, 5.74) is 1.36. The predicted molar refractivity (Wildman–Crippen MR) is 136 cm³/mol. The van der Waals surface area contributed by atoms with Crippen LogP contribution in [0.25, 0.3) is 22.4 Å². The topological polar surface area (TPSA) is 103 Å². The summed E-state index contributed by atoms with van der Waals surface area (Å²) in [5, 5.41) is 11.7. The highest BCUT2D eigenvalue weighted by atomic mass is 32.2. The fourth-order valence-corrected chi connectivity index (χ4v) is 5.55. The van der Waals surface area contributed by atoms with Crippen LogP contribution in [0.2, 0.25) is 0 Å². The SMILES string of the molecule is C[C@@H]1[C@H](C)CCC[C@H]1n1c(SCC(=O)Nc2nnc(-c3ccccc3)o2)nc2ccccc2c1=O. The molecule has 35 heavy (non-hydrogen) atoms. The van der Waals surface area contributed by atoms with E-state index in [4.69, 9.17) is 9.40 Å². The molecule has 0 aliphatic heterocycles. The molecule has 1 N–H and O–H groups in total. The minimum atomic E-state index is -0.308. The van der Waals surface area contributed by atoms with Gasteiger partial charge in [0, 0.05) is 11.6 Å². The van der Waals surface area contributed by atoms with Gasteiger partial charge in [0.1, 0.15) is 0 Å². The lowest BCUT2D eigenvalue weighted by Gasteiger charge is -2.36. The number of hydrogen-bond donors (Lipinski definition) is 1. The third kappa shape index (κ3) is 4.86. The molecular formula is C26H27N5O3S. The summed E-state index contributed by atoms with van der Waals surface area (Å²) in [6, 6.07) is 16.8. The smallest absolute Gasteiger partial charge is 0.322 e. The summed E-state index contributed by atoms with van der Waals surface area (Å²) in [6.45, 7) is 4.45. The average molecular weight is 490 g/mol.